The minimum atomic E-state index is -0.565. The first kappa shape index (κ1) is 17.6. The first-order valence-corrected chi connectivity index (χ1v) is 9.17. The summed E-state index contributed by atoms with van der Waals surface area (Å²) in [6.07, 6.45) is 0.226. The molecule has 25 heavy (non-hydrogen) atoms. The number of hydrogen-bond acceptors (Lipinski definition) is 5. The first-order chi connectivity index (χ1) is 11.8. The van der Waals surface area contributed by atoms with Crippen LogP contribution in [0.3, 0.4) is 0 Å². The summed E-state index contributed by atoms with van der Waals surface area (Å²) in [7, 11) is 0. The number of benzene rings is 1. The Morgan fingerprint density at radius 3 is 2.44 bits per heavy atom. The van der Waals surface area contributed by atoms with Gasteiger partial charge in [0.2, 0.25) is 0 Å². The molecule has 0 saturated heterocycles. The predicted octanol–water partition coefficient (Wildman–Crippen LogP) is 3.78. The number of amides is 1. The maximum absolute atomic E-state index is 12.6. The molecule has 4 N–H and O–H groups in total. The van der Waals surface area contributed by atoms with E-state index in [1.54, 1.807) is 12.1 Å². The van der Waals surface area contributed by atoms with E-state index in [4.69, 9.17) is 11.5 Å². The number of hydrogen-bond donors (Lipinski definition) is 2. The molecule has 1 aromatic carbocycles. The van der Waals surface area contributed by atoms with Crippen molar-refractivity contribution in [3.05, 3.63) is 56.0 Å². The summed E-state index contributed by atoms with van der Waals surface area (Å²) < 4.78 is 0.921. The molecule has 0 unspecified atom stereocenters. The van der Waals surface area contributed by atoms with Crippen LogP contribution in [-0.4, -0.2) is 16.7 Å². The van der Waals surface area contributed by atoms with Crippen LogP contribution in [0.5, 0.6) is 0 Å². The number of halogens is 1. The minimum absolute atomic E-state index is 0.00350. The minimum Gasteiger partial charge on any atom is -0.397 e. The second-order valence-corrected chi connectivity index (χ2v) is 7.71. The molecule has 0 spiro atoms. The summed E-state index contributed by atoms with van der Waals surface area (Å²) in [6.45, 7) is 3.76. The van der Waals surface area contributed by atoms with Gasteiger partial charge in [0.25, 0.3) is 5.91 Å². The fourth-order valence-electron chi connectivity index (χ4n) is 2.86. The van der Waals surface area contributed by atoms with Gasteiger partial charge in [-0.1, -0.05) is 28.1 Å². The Balaban J connectivity index is 2.07. The van der Waals surface area contributed by atoms with Crippen LogP contribution < -0.4 is 11.5 Å². The van der Waals surface area contributed by atoms with Gasteiger partial charge >= 0.3 is 0 Å². The van der Waals surface area contributed by atoms with Gasteiger partial charge in [0.1, 0.15) is 9.71 Å². The number of anilines is 1. The Morgan fingerprint density at radius 2 is 1.84 bits per heavy atom. The molecule has 2 heterocycles. The van der Waals surface area contributed by atoms with Crippen LogP contribution >= 0.6 is 27.3 Å². The molecule has 0 bridgehead atoms. The monoisotopic (exact) mass is 417 g/mol. The fourth-order valence-corrected chi connectivity index (χ4v) is 4.17. The molecule has 2 aromatic heterocycles. The summed E-state index contributed by atoms with van der Waals surface area (Å²) in [5.41, 5.74) is 14.9. The number of nitrogens with two attached hydrogens (primary N) is 2. The van der Waals surface area contributed by atoms with E-state index in [1.165, 1.54) is 11.3 Å². The maximum Gasteiger partial charge on any atom is 0.260 e. The Bertz CT molecular complexity index is 1010. The number of pyridine rings is 1. The van der Waals surface area contributed by atoms with Gasteiger partial charge in [-0.25, -0.2) is 4.98 Å². The van der Waals surface area contributed by atoms with E-state index >= 15 is 0 Å². The molecule has 0 atom stereocenters. The van der Waals surface area contributed by atoms with Gasteiger partial charge in [0, 0.05) is 27.5 Å². The molecule has 0 saturated carbocycles. The van der Waals surface area contributed by atoms with E-state index < -0.39 is 5.91 Å². The predicted molar refractivity (Wildman–Crippen MR) is 104 cm³/mol. The maximum atomic E-state index is 12.6. The van der Waals surface area contributed by atoms with Gasteiger partial charge in [-0.3, -0.25) is 9.59 Å². The highest BCUT2D eigenvalue weighted by molar-refractivity contribution is 9.10. The van der Waals surface area contributed by atoms with Crippen LogP contribution in [-0.2, 0) is 6.42 Å². The lowest BCUT2D eigenvalue weighted by Gasteiger charge is -2.11. The zero-order chi connectivity index (χ0) is 18.3. The van der Waals surface area contributed by atoms with Crippen molar-refractivity contribution in [3.8, 4) is 0 Å². The Labute approximate surface area is 157 Å². The van der Waals surface area contributed by atoms with Gasteiger partial charge in [-0.15, -0.1) is 11.3 Å². The van der Waals surface area contributed by atoms with Crippen LogP contribution in [0.25, 0.3) is 10.2 Å². The number of thiophene rings is 1. The first-order valence-electron chi connectivity index (χ1n) is 7.56. The van der Waals surface area contributed by atoms with E-state index in [-0.39, 0.29) is 12.2 Å². The zero-order valence-electron chi connectivity index (χ0n) is 13.7. The number of Topliss-reactive ketones (excluding diaryl/α,β-unsaturated/α-hetero) is 1. The molecule has 3 rings (SSSR count). The number of aromatic nitrogens is 1. The average Bonchev–Trinajstić information content (AvgIpc) is 2.88. The quantitative estimate of drug-likeness (QED) is 0.630. The van der Waals surface area contributed by atoms with Crippen LogP contribution in [0.4, 0.5) is 5.69 Å². The summed E-state index contributed by atoms with van der Waals surface area (Å²) in [4.78, 5) is 29.7. The summed E-state index contributed by atoms with van der Waals surface area (Å²) in [5, 5.41) is 0.711. The summed E-state index contributed by atoms with van der Waals surface area (Å²) in [5.74, 6) is -0.561. The average molecular weight is 418 g/mol. The number of fused-ring (bicyclic) bond motifs is 1. The second-order valence-electron chi connectivity index (χ2n) is 5.80. The number of nitrogen functional groups attached to an aromatic ring is 1. The molecule has 0 aliphatic rings. The fraction of sp³-hybridized carbons (Fsp3) is 0.167. The van der Waals surface area contributed by atoms with E-state index in [9.17, 15) is 9.59 Å². The molecule has 0 aliphatic heterocycles. The third kappa shape index (κ3) is 3.17. The molecule has 3 aromatic rings. The van der Waals surface area contributed by atoms with Crippen molar-refractivity contribution in [2.24, 2.45) is 5.73 Å². The van der Waals surface area contributed by atoms with Crippen molar-refractivity contribution in [2.45, 2.75) is 20.3 Å². The van der Waals surface area contributed by atoms with E-state index in [0.717, 1.165) is 21.3 Å². The number of rotatable bonds is 4. The van der Waals surface area contributed by atoms with E-state index in [1.807, 2.05) is 26.0 Å². The Hall–Kier alpha value is -2.25. The summed E-state index contributed by atoms with van der Waals surface area (Å²) >= 11 is 4.55. The molecule has 1 amide bonds. The lowest BCUT2D eigenvalue weighted by atomic mass is 9.96. The molecule has 0 aliphatic carbocycles. The van der Waals surface area contributed by atoms with Gasteiger partial charge < -0.3 is 11.5 Å². The van der Waals surface area contributed by atoms with Crippen LogP contribution in [0.2, 0.25) is 0 Å². The lowest BCUT2D eigenvalue weighted by molar-refractivity contribution is 0.0988. The third-order valence-electron chi connectivity index (χ3n) is 4.19. The number of primary amides is 1. The number of aryl methyl sites for hydroxylation is 2. The highest BCUT2D eigenvalue weighted by Crippen LogP contribution is 2.36. The van der Waals surface area contributed by atoms with Gasteiger partial charge in [0.15, 0.2) is 5.78 Å². The molecular formula is C18H16BrN3O2S. The van der Waals surface area contributed by atoms with Gasteiger partial charge in [-0.05, 0) is 37.1 Å². The highest BCUT2D eigenvalue weighted by Gasteiger charge is 2.21. The second kappa shape index (κ2) is 6.57. The van der Waals surface area contributed by atoms with Crippen molar-refractivity contribution in [2.75, 3.05) is 5.73 Å². The summed E-state index contributed by atoms with van der Waals surface area (Å²) in [6, 6.07) is 7.25. The van der Waals surface area contributed by atoms with E-state index in [0.29, 0.717) is 26.3 Å². The van der Waals surface area contributed by atoms with Crippen LogP contribution in [0, 0.1) is 13.8 Å². The molecule has 7 heteroatoms. The van der Waals surface area contributed by atoms with Crippen LogP contribution in [0.15, 0.2) is 28.7 Å². The lowest BCUT2D eigenvalue weighted by Crippen LogP contribution is -2.11. The van der Waals surface area contributed by atoms with E-state index in [2.05, 4.69) is 20.9 Å². The topological polar surface area (TPSA) is 99.1 Å². The Kier molecular flexibility index (Phi) is 4.62. The van der Waals surface area contributed by atoms with Crippen molar-refractivity contribution in [1.82, 2.24) is 4.98 Å². The number of ketones is 1. The SMILES string of the molecule is Cc1nc2sc(C(N)=O)c(N)c2c(C)c1CC(=O)c1ccc(Br)cc1. The Morgan fingerprint density at radius 1 is 1.20 bits per heavy atom. The van der Waals surface area contributed by atoms with Gasteiger partial charge in [0.05, 0.1) is 5.69 Å². The van der Waals surface area contributed by atoms with Crippen LogP contribution in [0.1, 0.15) is 36.9 Å². The van der Waals surface area contributed by atoms with Gasteiger partial charge in [-0.2, -0.15) is 0 Å². The molecule has 0 fully saturated rings. The standard InChI is InChI=1S/C18H16BrN3O2S/c1-8-12(7-13(23)10-3-5-11(19)6-4-10)9(2)22-18-14(8)15(20)16(25-18)17(21)24/h3-6H,7,20H2,1-2H3,(H2,21,24). The third-order valence-corrected chi connectivity index (χ3v) is 5.83. The number of carbonyl (C=O) groups is 2. The number of nitrogens with zero attached hydrogens (tertiary/aromatic N) is 1. The normalized spacial score (nSPS) is 11.0. The highest BCUT2D eigenvalue weighted by atomic mass is 79.9. The largest absolute Gasteiger partial charge is 0.397 e. The molecule has 5 nitrogen and oxygen atoms in total. The smallest absolute Gasteiger partial charge is 0.260 e. The van der Waals surface area contributed by atoms with Crippen molar-refractivity contribution in [3.63, 3.8) is 0 Å². The zero-order valence-corrected chi connectivity index (χ0v) is 16.1. The van der Waals surface area contributed by atoms with Crippen molar-refractivity contribution < 1.29 is 9.59 Å². The molecule has 128 valence electrons. The molecular weight excluding hydrogens is 402 g/mol. The molecule has 0 radical (unpaired) electrons. The number of carbonyl (C=O) groups excluding carboxylic acids is 2. The van der Waals surface area contributed by atoms with Crippen molar-refractivity contribution >= 4 is 54.9 Å². The van der Waals surface area contributed by atoms with Crippen molar-refractivity contribution in [1.29, 1.82) is 0 Å².